The van der Waals surface area contributed by atoms with Gasteiger partial charge in [-0.2, -0.15) is 0 Å². The number of carbonyl (C=O) groups excluding carboxylic acids is 1. The fraction of sp³-hybridized carbons (Fsp3) is 0.722. The van der Waals surface area contributed by atoms with Crippen LogP contribution < -0.4 is 0 Å². The molecule has 3 rings (SSSR count). The van der Waals surface area contributed by atoms with Gasteiger partial charge in [-0.05, 0) is 38.7 Å². The monoisotopic (exact) mass is 305 g/mol. The number of hydrogen-bond acceptors (Lipinski definition) is 3. The molecule has 0 bridgehead atoms. The van der Waals surface area contributed by atoms with Gasteiger partial charge in [0.15, 0.2) is 0 Å². The quantitative estimate of drug-likeness (QED) is 0.931. The predicted molar refractivity (Wildman–Crippen MR) is 84.7 cm³/mol. The molecule has 1 saturated carbocycles. The summed E-state index contributed by atoms with van der Waals surface area (Å²) in [6.45, 7) is 4.75. The summed E-state index contributed by atoms with van der Waals surface area (Å²) in [5.74, 6) is 1.05. The summed E-state index contributed by atoms with van der Waals surface area (Å²) in [7, 11) is 0. The summed E-state index contributed by atoms with van der Waals surface area (Å²) in [5.41, 5.74) is 0.0559. The first-order chi connectivity index (χ1) is 10.5. The second kappa shape index (κ2) is 6.07. The van der Waals surface area contributed by atoms with E-state index in [1.165, 1.54) is 0 Å². The molecule has 4 nitrogen and oxygen atoms in total. The third-order valence-electron chi connectivity index (χ3n) is 5.57. The highest BCUT2D eigenvalue weighted by Crippen LogP contribution is 2.41. The lowest BCUT2D eigenvalue weighted by Gasteiger charge is -2.43. The standard InChI is InChI=1S/C18H27NO3/c1-3-16-13(9-12-22-16)17(20)19-11-6-8-15(19)14-7-4-5-10-18(14,2)21/h9,12,14-15,21H,3-8,10-11H2,1-2H3. The third-order valence-corrected chi connectivity index (χ3v) is 5.57. The molecule has 1 saturated heterocycles. The maximum Gasteiger partial charge on any atom is 0.257 e. The normalized spacial score (nSPS) is 32.4. The van der Waals surface area contributed by atoms with E-state index in [0.29, 0.717) is 5.56 Å². The number of hydrogen-bond donors (Lipinski definition) is 1. The minimum Gasteiger partial charge on any atom is -0.469 e. The molecule has 1 N–H and O–H groups in total. The first-order valence-corrected chi connectivity index (χ1v) is 8.64. The molecule has 1 aliphatic heterocycles. The van der Waals surface area contributed by atoms with Gasteiger partial charge in [0.2, 0.25) is 0 Å². The first kappa shape index (κ1) is 15.6. The van der Waals surface area contributed by atoms with E-state index in [2.05, 4.69) is 0 Å². The van der Waals surface area contributed by atoms with Crippen molar-refractivity contribution in [3.05, 3.63) is 23.7 Å². The highest BCUT2D eigenvalue weighted by molar-refractivity contribution is 5.95. The number of rotatable bonds is 3. The molecule has 1 aromatic rings. The number of aryl methyl sites for hydroxylation is 1. The van der Waals surface area contributed by atoms with Gasteiger partial charge < -0.3 is 14.4 Å². The average Bonchev–Trinajstić information content (AvgIpc) is 3.14. The highest BCUT2D eigenvalue weighted by atomic mass is 16.3. The molecule has 3 atom stereocenters. The maximum absolute atomic E-state index is 12.9. The second-order valence-corrected chi connectivity index (χ2v) is 7.03. The van der Waals surface area contributed by atoms with E-state index < -0.39 is 5.60 Å². The molecule has 4 heteroatoms. The molecule has 1 amide bonds. The lowest BCUT2D eigenvalue weighted by Crippen LogP contribution is -2.50. The van der Waals surface area contributed by atoms with Crippen molar-refractivity contribution in [3.63, 3.8) is 0 Å². The highest BCUT2D eigenvalue weighted by Gasteiger charge is 2.45. The second-order valence-electron chi connectivity index (χ2n) is 7.03. The van der Waals surface area contributed by atoms with Crippen LogP contribution in [0.1, 0.15) is 68.5 Å². The van der Waals surface area contributed by atoms with Gasteiger partial charge >= 0.3 is 0 Å². The van der Waals surface area contributed by atoms with Crippen molar-refractivity contribution in [2.45, 2.75) is 70.4 Å². The first-order valence-electron chi connectivity index (χ1n) is 8.64. The van der Waals surface area contributed by atoms with Gasteiger partial charge in [-0.15, -0.1) is 0 Å². The van der Waals surface area contributed by atoms with Gasteiger partial charge in [0.25, 0.3) is 5.91 Å². The third kappa shape index (κ3) is 2.69. The largest absolute Gasteiger partial charge is 0.469 e. The van der Waals surface area contributed by atoms with E-state index in [1.807, 2.05) is 18.7 Å². The van der Waals surface area contributed by atoms with Crippen LogP contribution in [0.4, 0.5) is 0 Å². The molecule has 22 heavy (non-hydrogen) atoms. The Morgan fingerprint density at radius 3 is 2.95 bits per heavy atom. The number of likely N-dealkylation sites (tertiary alicyclic amines) is 1. The van der Waals surface area contributed by atoms with Gasteiger partial charge in [-0.3, -0.25) is 4.79 Å². The summed E-state index contributed by atoms with van der Waals surface area (Å²) < 4.78 is 5.42. The molecule has 2 heterocycles. The fourth-order valence-corrected chi connectivity index (χ4v) is 4.37. The summed E-state index contributed by atoms with van der Waals surface area (Å²) in [6.07, 6.45) is 8.49. The number of nitrogens with zero attached hydrogens (tertiary/aromatic N) is 1. The zero-order chi connectivity index (χ0) is 15.7. The number of carbonyl (C=O) groups is 1. The van der Waals surface area contributed by atoms with Gasteiger partial charge in [0.1, 0.15) is 5.76 Å². The lowest BCUT2D eigenvalue weighted by atomic mass is 9.72. The zero-order valence-electron chi connectivity index (χ0n) is 13.7. The molecule has 3 unspecified atom stereocenters. The van der Waals surface area contributed by atoms with Crippen LogP contribution in [0.3, 0.4) is 0 Å². The van der Waals surface area contributed by atoms with Crippen molar-refractivity contribution >= 4 is 5.91 Å². The van der Waals surface area contributed by atoms with Crippen LogP contribution in [0.5, 0.6) is 0 Å². The Morgan fingerprint density at radius 2 is 2.23 bits per heavy atom. The van der Waals surface area contributed by atoms with Gasteiger partial charge in [0, 0.05) is 24.9 Å². The van der Waals surface area contributed by atoms with E-state index in [-0.39, 0.29) is 17.9 Å². The molecule has 0 aromatic carbocycles. The van der Waals surface area contributed by atoms with Gasteiger partial charge in [-0.25, -0.2) is 0 Å². The molecule has 0 spiro atoms. The fourth-order valence-electron chi connectivity index (χ4n) is 4.37. The Kier molecular flexibility index (Phi) is 4.31. The van der Waals surface area contributed by atoms with E-state index in [1.54, 1.807) is 12.3 Å². The molecule has 0 radical (unpaired) electrons. The minimum absolute atomic E-state index is 0.0782. The van der Waals surface area contributed by atoms with Gasteiger partial charge in [-0.1, -0.05) is 19.8 Å². The van der Waals surface area contributed by atoms with Crippen molar-refractivity contribution in [3.8, 4) is 0 Å². The van der Waals surface area contributed by atoms with E-state index in [0.717, 1.165) is 57.3 Å². The zero-order valence-corrected chi connectivity index (χ0v) is 13.7. The maximum atomic E-state index is 12.9. The summed E-state index contributed by atoms with van der Waals surface area (Å²) in [4.78, 5) is 14.9. The van der Waals surface area contributed by atoms with E-state index in [9.17, 15) is 9.90 Å². The number of aliphatic hydroxyl groups is 1. The number of furan rings is 1. The van der Waals surface area contributed by atoms with Crippen LogP contribution in [0.25, 0.3) is 0 Å². The van der Waals surface area contributed by atoms with Crippen LogP contribution in [0, 0.1) is 5.92 Å². The Labute approximate surface area is 132 Å². The molecular formula is C18H27NO3. The molecule has 2 aliphatic rings. The summed E-state index contributed by atoms with van der Waals surface area (Å²) in [6, 6.07) is 1.96. The Hall–Kier alpha value is -1.29. The van der Waals surface area contributed by atoms with Crippen molar-refractivity contribution in [1.29, 1.82) is 0 Å². The van der Waals surface area contributed by atoms with Crippen molar-refractivity contribution in [2.24, 2.45) is 5.92 Å². The van der Waals surface area contributed by atoms with E-state index in [4.69, 9.17) is 4.42 Å². The smallest absolute Gasteiger partial charge is 0.257 e. The molecule has 2 fully saturated rings. The molecule has 122 valence electrons. The van der Waals surface area contributed by atoms with Crippen LogP contribution >= 0.6 is 0 Å². The Balaban J connectivity index is 1.82. The summed E-state index contributed by atoms with van der Waals surface area (Å²) >= 11 is 0. The Morgan fingerprint density at radius 1 is 1.41 bits per heavy atom. The van der Waals surface area contributed by atoms with Gasteiger partial charge in [0.05, 0.1) is 17.4 Å². The van der Waals surface area contributed by atoms with Crippen molar-refractivity contribution in [1.82, 2.24) is 4.90 Å². The molecular weight excluding hydrogens is 278 g/mol. The summed E-state index contributed by atoms with van der Waals surface area (Å²) in [5, 5.41) is 10.8. The average molecular weight is 305 g/mol. The van der Waals surface area contributed by atoms with Crippen molar-refractivity contribution in [2.75, 3.05) is 6.54 Å². The van der Waals surface area contributed by atoms with Crippen molar-refractivity contribution < 1.29 is 14.3 Å². The van der Waals surface area contributed by atoms with E-state index >= 15 is 0 Å². The minimum atomic E-state index is -0.643. The van der Waals surface area contributed by atoms with Crippen LogP contribution in [-0.2, 0) is 6.42 Å². The van der Waals surface area contributed by atoms with Crippen LogP contribution in [0.15, 0.2) is 16.7 Å². The van der Waals surface area contributed by atoms with Crippen LogP contribution in [0.2, 0.25) is 0 Å². The predicted octanol–water partition coefficient (Wildman–Crippen LogP) is 3.39. The molecule has 1 aromatic heterocycles. The SMILES string of the molecule is CCc1occc1C(=O)N1CCCC1C1CCCCC1(C)O. The topological polar surface area (TPSA) is 53.7 Å². The Bertz CT molecular complexity index is 534. The molecule has 1 aliphatic carbocycles. The number of amides is 1. The lowest BCUT2D eigenvalue weighted by molar-refractivity contribution is -0.0577. The van der Waals surface area contributed by atoms with Crippen LogP contribution in [-0.4, -0.2) is 34.1 Å².